The standard InChI is InChI=1S/C24H27BO6S/c1-17(12-18-6-5-7-20(26)13-18)10-11-22-24-19(15-30-21-8-3-2-4-9-21)16-32(28,29)23(24)14-25(27)31-22/h2-9,12-13,22-23,26-27H,10-11,14-16H2,1H3/b17-12+/t22-,23+/m1/s1. The molecule has 2 aromatic rings. The van der Waals surface area contributed by atoms with Gasteiger partial charge in [-0.2, -0.15) is 0 Å². The second-order valence-corrected chi connectivity index (χ2v) is 10.6. The van der Waals surface area contributed by atoms with Gasteiger partial charge in [-0.3, -0.25) is 0 Å². The summed E-state index contributed by atoms with van der Waals surface area (Å²) >= 11 is 0. The zero-order chi connectivity index (χ0) is 22.7. The highest BCUT2D eigenvalue weighted by atomic mass is 32.2. The minimum atomic E-state index is -3.39. The van der Waals surface area contributed by atoms with E-state index in [2.05, 4.69) is 0 Å². The average molecular weight is 454 g/mol. The average Bonchev–Trinajstić information content (AvgIpc) is 3.01. The van der Waals surface area contributed by atoms with Gasteiger partial charge < -0.3 is 19.5 Å². The zero-order valence-electron chi connectivity index (χ0n) is 18.0. The van der Waals surface area contributed by atoms with Crippen molar-refractivity contribution in [2.24, 2.45) is 0 Å². The smallest absolute Gasteiger partial charge is 0.456 e. The lowest BCUT2D eigenvalue weighted by atomic mass is 9.74. The molecule has 8 heteroatoms. The van der Waals surface area contributed by atoms with Gasteiger partial charge in [0.15, 0.2) is 9.84 Å². The lowest BCUT2D eigenvalue weighted by molar-refractivity contribution is 0.168. The van der Waals surface area contributed by atoms with Gasteiger partial charge in [0.25, 0.3) is 0 Å². The SMILES string of the molecule is C/C(=C\c1cccc(O)c1)CC[C@H]1OB(O)C[C@H]2C1=C(COc1ccccc1)CS2(=O)=O. The van der Waals surface area contributed by atoms with Crippen molar-refractivity contribution in [1.82, 2.24) is 0 Å². The normalized spacial score (nSPS) is 22.7. The number of ether oxygens (including phenoxy) is 1. The molecule has 2 aliphatic heterocycles. The van der Waals surface area contributed by atoms with Crippen molar-refractivity contribution in [2.75, 3.05) is 12.4 Å². The number of hydrogen-bond acceptors (Lipinski definition) is 6. The van der Waals surface area contributed by atoms with Crippen LogP contribution in [0.1, 0.15) is 25.3 Å². The molecule has 168 valence electrons. The third-order valence-corrected chi connectivity index (χ3v) is 7.95. The molecular weight excluding hydrogens is 427 g/mol. The highest BCUT2D eigenvalue weighted by Crippen LogP contribution is 2.39. The maximum Gasteiger partial charge on any atom is 0.456 e. The summed E-state index contributed by atoms with van der Waals surface area (Å²) in [5, 5.41) is 19.1. The molecule has 2 atom stereocenters. The number of aromatic hydroxyl groups is 1. The van der Waals surface area contributed by atoms with E-state index in [0.717, 1.165) is 22.3 Å². The number of rotatable bonds is 7. The van der Waals surface area contributed by atoms with Crippen LogP contribution in [0, 0.1) is 0 Å². The Labute approximate surface area is 189 Å². The van der Waals surface area contributed by atoms with Crippen LogP contribution in [0.2, 0.25) is 6.32 Å². The fourth-order valence-electron chi connectivity index (χ4n) is 4.42. The van der Waals surface area contributed by atoms with Crippen molar-refractivity contribution in [3.05, 3.63) is 76.9 Å². The third kappa shape index (κ3) is 5.26. The quantitative estimate of drug-likeness (QED) is 0.491. The first-order valence-electron chi connectivity index (χ1n) is 10.7. The van der Waals surface area contributed by atoms with E-state index in [1.807, 2.05) is 49.4 Å². The molecule has 6 nitrogen and oxygen atoms in total. The van der Waals surface area contributed by atoms with E-state index < -0.39 is 28.3 Å². The topological polar surface area (TPSA) is 93.1 Å². The first kappa shape index (κ1) is 22.6. The van der Waals surface area contributed by atoms with Gasteiger partial charge >= 0.3 is 7.12 Å². The summed E-state index contributed by atoms with van der Waals surface area (Å²) in [6.45, 7) is 2.17. The fraction of sp³-hybridized carbons (Fsp3) is 0.333. The zero-order valence-corrected chi connectivity index (χ0v) is 18.8. The van der Waals surface area contributed by atoms with Crippen molar-refractivity contribution in [3.8, 4) is 11.5 Å². The summed E-state index contributed by atoms with van der Waals surface area (Å²) in [6, 6.07) is 16.3. The molecule has 0 amide bonds. The Balaban J connectivity index is 1.52. The monoisotopic (exact) mass is 454 g/mol. The van der Waals surface area contributed by atoms with E-state index in [4.69, 9.17) is 9.39 Å². The third-order valence-electron chi connectivity index (χ3n) is 5.89. The van der Waals surface area contributed by atoms with E-state index in [-0.39, 0.29) is 24.4 Å². The number of fused-ring (bicyclic) bond motifs is 1. The number of allylic oxidation sites excluding steroid dienone is 1. The number of phenols is 1. The van der Waals surface area contributed by atoms with Crippen molar-refractivity contribution in [3.63, 3.8) is 0 Å². The van der Waals surface area contributed by atoms with Crippen LogP contribution in [0.5, 0.6) is 11.5 Å². The first-order chi connectivity index (χ1) is 15.3. The van der Waals surface area contributed by atoms with Crippen LogP contribution in [0.25, 0.3) is 6.08 Å². The van der Waals surface area contributed by atoms with Gasteiger partial charge in [0.05, 0.1) is 17.1 Å². The second-order valence-electron chi connectivity index (χ2n) is 8.40. The van der Waals surface area contributed by atoms with Crippen molar-refractivity contribution in [2.45, 2.75) is 37.4 Å². The van der Waals surface area contributed by atoms with Crippen LogP contribution in [0.3, 0.4) is 0 Å². The summed E-state index contributed by atoms with van der Waals surface area (Å²) in [5.41, 5.74) is 3.44. The summed E-state index contributed by atoms with van der Waals surface area (Å²) in [5.74, 6) is 0.821. The van der Waals surface area contributed by atoms with E-state index in [1.54, 1.807) is 18.2 Å². The predicted molar refractivity (Wildman–Crippen MR) is 125 cm³/mol. The van der Waals surface area contributed by atoms with E-state index >= 15 is 0 Å². The molecule has 2 aromatic carbocycles. The van der Waals surface area contributed by atoms with E-state index in [0.29, 0.717) is 18.6 Å². The molecule has 2 heterocycles. The van der Waals surface area contributed by atoms with Gasteiger partial charge in [0.2, 0.25) is 0 Å². The molecule has 2 aliphatic rings. The Kier molecular flexibility index (Phi) is 6.74. The van der Waals surface area contributed by atoms with Crippen molar-refractivity contribution >= 4 is 23.0 Å². The molecule has 0 radical (unpaired) electrons. The molecule has 0 aromatic heterocycles. The molecule has 0 saturated carbocycles. The summed E-state index contributed by atoms with van der Waals surface area (Å²) < 4.78 is 37.3. The number of benzene rings is 2. The molecule has 1 fully saturated rings. The Morgan fingerprint density at radius 1 is 1.22 bits per heavy atom. The highest BCUT2D eigenvalue weighted by molar-refractivity contribution is 7.92. The van der Waals surface area contributed by atoms with Gasteiger partial charge in [-0.1, -0.05) is 42.0 Å². The maximum atomic E-state index is 12.8. The number of sulfone groups is 1. The van der Waals surface area contributed by atoms with Crippen LogP contribution in [0.4, 0.5) is 0 Å². The molecule has 2 N–H and O–H groups in total. The van der Waals surface area contributed by atoms with Crippen LogP contribution < -0.4 is 4.74 Å². The lowest BCUT2D eigenvalue weighted by Crippen LogP contribution is -2.42. The molecule has 32 heavy (non-hydrogen) atoms. The summed E-state index contributed by atoms with van der Waals surface area (Å²) in [6.07, 6.45) is 2.77. The summed E-state index contributed by atoms with van der Waals surface area (Å²) in [4.78, 5) is 0. The van der Waals surface area contributed by atoms with Crippen molar-refractivity contribution < 1.29 is 27.9 Å². The summed E-state index contributed by atoms with van der Waals surface area (Å²) in [7, 11) is -4.50. The van der Waals surface area contributed by atoms with Gasteiger partial charge in [0.1, 0.15) is 18.1 Å². The molecule has 0 bridgehead atoms. The maximum absolute atomic E-state index is 12.8. The Bertz CT molecular complexity index is 1130. The Hall–Kier alpha value is -2.55. The van der Waals surface area contributed by atoms with Gasteiger partial charge in [-0.05, 0) is 60.7 Å². The van der Waals surface area contributed by atoms with Crippen LogP contribution in [-0.2, 0) is 14.5 Å². The number of para-hydroxylation sites is 1. The fourth-order valence-corrected chi connectivity index (χ4v) is 6.52. The number of hydrogen-bond donors (Lipinski definition) is 2. The second kappa shape index (κ2) is 9.52. The van der Waals surface area contributed by atoms with Gasteiger partial charge in [-0.15, -0.1) is 0 Å². The Morgan fingerprint density at radius 2 is 2.00 bits per heavy atom. The van der Waals surface area contributed by atoms with Gasteiger partial charge in [0, 0.05) is 6.32 Å². The molecular formula is C24H27BO6S. The lowest BCUT2D eigenvalue weighted by Gasteiger charge is -2.32. The minimum Gasteiger partial charge on any atom is -0.508 e. The molecule has 4 rings (SSSR count). The first-order valence-corrected chi connectivity index (χ1v) is 12.4. The van der Waals surface area contributed by atoms with Crippen molar-refractivity contribution in [1.29, 1.82) is 0 Å². The molecule has 0 aliphatic carbocycles. The number of phenolic OH excluding ortho intramolecular Hbond substituents is 1. The van der Waals surface area contributed by atoms with Crippen LogP contribution >= 0.6 is 0 Å². The van der Waals surface area contributed by atoms with E-state index in [9.17, 15) is 18.5 Å². The van der Waals surface area contributed by atoms with Crippen LogP contribution in [-0.4, -0.2) is 49.4 Å². The Morgan fingerprint density at radius 3 is 2.75 bits per heavy atom. The van der Waals surface area contributed by atoms with Gasteiger partial charge in [-0.25, -0.2) is 8.42 Å². The largest absolute Gasteiger partial charge is 0.508 e. The molecule has 1 saturated heterocycles. The minimum absolute atomic E-state index is 0.0567. The van der Waals surface area contributed by atoms with E-state index in [1.165, 1.54) is 0 Å². The molecule has 0 spiro atoms. The predicted octanol–water partition coefficient (Wildman–Crippen LogP) is 3.63. The van der Waals surface area contributed by atoms with Crippen LogP contribution in [0.15, 0.2) is 71.3 Å². The molecule has 0 unspecified atom stereocenters. The highest BCUT2D eigenvalue weighted by Gasteiger charge is 2.48.